The number of nitrogens with one attached hydrogen (secondary N) is 1. The molecule has 8 nitrogen and oxygen atoms in total. The lowest BCUT2D eigenvalue weighted by Crippen LogP contribution is -2.55. The molecule has 2 aliphatic rings. The maximum absolute atomic E-state index is 14.5. The molecule has 0 bridgehead atoms. The van der Waals surface area contributed by atoms with E-state index >= 15 is 0 Å². The first kappa shape index (κ1) is 21.2. The molecule has 0 radical (unpaired) electrons. The molecule has 2 amide bonds. The first-order valence-corrected chi connectivity index (χ1v) is 10.3. The molecule has 9 heteroatoms. The fourth-order valence-corrected chi connectivity index (χ4v) is 4.07. The quantitative estimate of drug-likeness (QED) is 0.789. The number of hydrogen-bond acceptors (Lipinski definition) is 5. The number of benzene rings is 1. The molecule has 0 aliphatic carbocycles. The number of carbonyl (C=O) groups excluding carboxylic acids is 2. The zero-order valence-corrected chi connectivity index (χ0v) is 17.6. The summed E-state index contributed by atoms with van der Waals surface area (Å²) in [5, 5.41) is 6.55. The van der Waals surface area contributed by atoms with Gasteiger partial charge in [-0.3, -0.25) is 14.4 Å². The van der Waals surface area contributed by atoms with Crippen molar-refractivity contribution in [1.29, 1.82) is 0 Å². The molecule has 2 aliphatic heterocycles. The molecule has 2 fully saturated rings. The SMILES string of the molecule is Cc1c(Cc2ccc(F)c(C(=O)N3CCN([C@H]4CCOC4)C(=O)C3)c2)n[nH]c(=O)c1C. The second-order valence-electron chi connectivity index (χ2n) is 8.07. The third-order valence-corrected chi connectivity index (χ3v) is 6.15. The number of amides is 2. The van der Waals surface area contributed by atoms with Gasteiger partial charge in [-0.1, -0.05) is 6.07 Å². The van der Waals surface area contributed by atoms with Crippen LogP contribution >= 0.6 is 0 Å². The summed E-state index contributed by atoms with van der Waals surface area (Å²) in [6.45, 7) is 5.38. The van der Waals surface area contributed by atoms with E-state index in [9.17, 15) is 18.8 Å². The second-order valence-corrected chi connectivity index (χ2v) is 8.07. The van der Waals surface area contributed by atoms with E-state index in [2.05, 4.69) is 10.2 Å². The summed E-state index contributed by atoms with van der Waals surface area (Å²) in [7, 11) is 0. The molecule has 0 unspecified atom stereocenters. The van der Waals surface area contributed by atoms with Crippen molar-refractivity contribution in [3.05, 3.63) is 62.3 Å². The predicted molar refractivity (Wildman–Crippen MR) is 110 cm³/mol. The molecule has 31 heavy (non-hydrogen) atoms. The van der Waals surface area contributed by atoms with Crippen LogP contribution in [0.4, 0.5) is 4.39 Å². The van der Waals surface area contributed by atoms with Crippen LogP contribution in [0, 0.1) is 19.7 Å². The first-order chi connectivity index (χ1) is 14.8. The third-order valence-electron chi connectivity index (χ3n) is 6.15. The minimum absolute atomic E-state index is 0.0568. The lowest BCUT2D eigenvalue weighted by Gasteiger charge is -2.37. The van der Waals surface area contributed by atoms with Crippen molar-refractivity contribution < 1.29 is 18.7 Å². The van der Waals surface area contributed by atoms with Crippen LogP contribution < -0.4 is 5.56 Å². The number of aromatic nitrogens is 2. The van der Waals surface area contributed by atoms with Crippen molar-refractivity contribution in [2.24, 2.45) is 0 Å². The summed E-state index contributed by atoms with van der Waals surface area (Å²) < 4.78 is 19.9. The Balaban J connectivity index is 1.51. The fourth-order valence-electron chi connectivity index (χ4n) is 4.07. The van der Waals surface area contributed by atoms with Crippen molar-refractivity contribution in [3.8, 4) is 0 Å². The van der Waals surface area contributed by atoms with E-state index in [-0.39, 0.29) is 29.6 Å². The van der Waals surface area contributed by atoms with Crippen LogP contribution in [0.25, 0.3) is 0 Å². The van der Waals surface area contributed by atoms with Gasteiger partial charge in [0.15, 0.2) is 0 Å². The van der Waals surface area contributed by atoms with E-state index in [0.717, 1.165) is 12.0 Å². The minimum atomic E-state index is -0.629. The zero-order chi connectivity index (χ0) is 22.1. The molecule has 3 heterocycles. The molecule has 1 aromatic carbocycles. The number of piperazine rings is 1. The number of rotatable bonds is 4. The van der Waals surface area contributed by atoms with E-state index in [1.165, 1.54) is 17.0 Å². The van der Waals surface area contributed by atoms with Crippen molar-refractivity contribution in [2.75, 3.05) is 32.8 Å². The number of hydrogen-bond donors (Lipinski definition) is 1. The molecular weight excluding hydrogens is 403 g/mol. The molecule has 1 atom stereocenters. The van der Waals surface area contributed by atoms with Crippen LogP contribution in [-0.2, 0) is 16.0 Å². The summed E-state index contributed by atoms with van der Waals surface area (Å²) in [6.07, 6.45) is 1.15. The van der Waals surface area contributed by atoms with Gasteiger partial charge in [0.1, 0.15) is 12.4 Å². The average Bonchev–Trinajstić information content (AvgIpc) is 3.29. The topological polar surface area (TPSA) is 95.6 Å². The highest BCUT2D eigenvalue weighted by atomic mass is 19.1. The average molecular weight is 428 g/mol. The maximum Gasteiger partial charge on any atom is 0.267 e. The van der Waals surface area contributed by atoms with Crippen molar-refractivity contribution >= 4 is 11.8 Å². The largest absolute Gasteiger partial charge is 0.379 e. The number of carbonyl (C=O) groups is 2. The molecular formula is C22H25FN4O4. The van der Waals surface area contributed by atoms with Gasteiger partial charge in [-0.15, -0.1) is 0 Å². The van der Waals surface area contributed by atoms with Crippen molar-refractivity contribution in [2.45, 2.75) is 32.7 Å². The van der Waals surface area contributed by atoms with Gasteiger partial charge in [-0.25, -0.2) is 9.49 Å². The van der Waals surface area contributed by atoms with Gasteiger partial charge in [-0.05, 0) is 43.5 Å². The molecule has 0 spiro atoms. The number of ether oxygens (including phenoxy) is 1. The van der Waals surface area contributed by atoms with Crippen molar-refractivity contribution in [3.63, 3.8) is 0 Å². The van der Waals surface area contributed by atoms with E-state index in [1.54, 1.807) is 17.9 Å². The first-order valence-electron chi connectivity index (χ1n) is 10.3. The standard InChI is InChI=1S/C22H25FN4O4/c1-13-14(2)21(29)25-24-19(13)10-15-3-4-18(23)17(9-15)22(30)26-6-7-27(20(28)11-26)16-5-8-31-12-16/h3-4,9,16H,5-8,10-12H2,1-2H3,(H,25,29)/t16-/m0/s1. The van der Waals surface area contributed by atoms with Gasteiger partial charge in [-0.2, -0.15) is 5.10 Å². The van der Waals surface area contributed by atoms with Crippen LogP contribution in [-0.4, -0.2) is 70.7 Å². The Morgan fingerprint density at radius 3 is 2.77 bits per heavy atom. The monoisotopic (exact) mass is 428 g/mol. The Hall–Kier alpha value is -3.07. The Morgan fingerprint density at radius 2 is 2.06 bits per heavy atom. The molecule has 4 rings (SSSR count). The van der Waals surface area contributed by atoms with Crippen LogP contribution in [0.15, 0.2) is 23.0 Å². The van der Waals surface area contributed by atoms with E-state index in [1.807, 2.05) is 6.92 Å². The van der Waals surface area contributed by atoms with Gasteiger partial charge in [0, 0.05) is 31.7 Å². The van der Waals surface area contributed by atoms with Gasteiger partial charge in [0.25, 0.3) is 11.5 Å². The molecule has 0 saturated carbocycles. The van der Waals surface area contributed by atoms with Crippen LogP contribution in [0.1, 0.15) is 39.2 Å². The molecule has 2 saturated heterocycles. The Kier molecular flexibility index (Phi) is 5.86. The van der Waals surface area contributed by atoms with Crippen LogP contribution in [0.2, 0.25) is 0 Å². The van der Waals surface area contributed by atoms with E-state index in [0.29, 0.717) is 49.5 Å². The second kappa shape index (κ2) is 8.58. The van der Waals surface area contributed by atoms with Gasteiger partial charge in [0.05, 0.1) is 23.9 Å². The smallest absolute Gasteiger partial charge is 0.267 e. The summed E-state index contributed by atoms with van der Waals surface area (Å²) in [4.78, 5) is 40.4. The number of nitrogens with zero attached hydrogens (tertiary/aromatic N) is 3. The van der Waals surface area contributed by atoms with E-state index in [4.69, 9.17) is 4.74 Å². The van der Waals surface area contributed by atoms with Crippen LogP contribution in [0.5, 0.6) is 0 Å². The fraction of sp³-hybridized carbons (Fsp3) is 0.455. The maximum atomic E-state index is 14.5. The lowest BCUT2D eigenvalue weighted by atomic mass is 10.0. The van der Waals surface area contributed by atoms with Gasteiger partial charge >= 0.3 is 0 Å². The normalized spacial score (nSPS) is 19.2. The van der Waals surface area contributed by atoms with Gasteiger partial charge in [0.2, 0.25) is 5.91 Å². The number of aromatic amines is 1. The molecule has 2 aromatic rings. The summed E-state index contributed by atoms with van der Waals surface area (Å²) >= 11 is 0. The third kappa shape index (κ3) is 4.23. The predicted octanol–water partition coefficient (Wildman–Crippen LogP) is 1.19. The van der Waals surface area contributed by atoms with Crippen LogP contribution in [0.3, 0.4) is 0 Å². The Labute approximate surface area is 179 Å². The highest BCUT2D eigenvalue weighted by Crippen LogP contribution is 2.20. The molecule has 1 N–H and O–H groups in total. The lowest BCUT2D eigenvalue weighted by molar-refractivity contribution is -0.137. The highest BCUT2D eigenvalue weighted by Gasteiger charge is 2.34. The molecule has 1 aromatic heterocycles. The van der Waals surface area contributed by atoms with Crippen molar-refractivity contribution in [1.82, 2.24) is 20.0 Å². The molecule has 164 valence electrons. The minimum Gasteiger partial charge on any atom is -0.379 e. The highest BCUT2D eigenvalue weighted by molar-refractivity contribution is 5.97. The van der Waals surface area contributed by atoms with E-state index < -0.39 is 11.7 Å². The summed E-state index contributed by atoms with van der Waals surface area (Å²) in [5.41, 5.74) is 2.38. The summed E-state index contributed by atoms with van der Waals surface area (Å²) in [5.74, 6) is -1.28. The number of H-pyrrole nitrogens is 1. The van der Waals surface area contributed by atoms with Gasteiger partial charge < -0.3 is 14.5 Å². The number of halogens is 1. The zero-order valence-electron chi connectivity index (χ0n) is 17.6. The Bertz CT molecular complexity index is 1080. The Morgan fingerprint density at radius 1 is 1.26 bits per heavy atom. The summed E-state index contributed by atoms with van der Waals surface area (Å²) in [6, 6.07) is 4.41.